The summed E-state index contributed by atoms with van der Waals surface area (Å²) in [6, 6.07) is 7.86. The average Bonchev–Trinajstić information content (AvgIpc) is 3.09. The van der Waals surface area contributed by atoms with Gasteiger partial charge in [-0.3, -0.25) is 14.7 Å². The van der Waals surface area contributed by atoms with Gasteiger partial charge in [0, 0.05) is 25.5 Å². The summed E-state index contributed by atoms with van der Waals surface area (Å²) in [6.45, 7) is 3.30. The maximum atomic E-state index is 12.4. The quantitative estimate of drug-likeness (QED) is 0.888. The summed E-state index contributed by atoms with van der Waals surface area (Å²) >= 11 is 0. The van der Waals surface area contributed by atoms with E-state index in [9.17, 15) is 4.79 Å². The average molecular weight is 313 g/mol. The van der Waals surface area contributed by atoms with Crippen LogP contribution in [0.25, 0.3) is 0 Å². The van der Waals surface area contributed by atoms with Crippen LogP contribution in [-0.2, 0) is 17.8 Å². The Morgan fingerprint density at radius 3 is 3.00 bits per heavy atom. The summed E-state index contributed by atoms with van der Waals surface area (Å²) < 4.78 is 5.40. The number of nitrogens with zero attached hydrogens (tertiary/aromatic N) is 2. The monoisotopic (exact) mass is 313 g/mol. The van der Waals surface area contributed by atoms with E-state index < -0.39 is 0 Å². The van der Waals surface area contributed by atoms with Crippen molar-refractivity contribution in [1.82, 2.24) is 15.2 Å². The number of carbonyl (C=O) groups excluding carboxylic acids is 1. The molecule has 3 rings (SSSR count). The van der Waals surface area contributed by atoms with Gasteiger partial charge in [-0.25, -0.2) is 0 Å². The summed E-state index contributed by atoms with van der Waals surface area (Å²) in [5.41, 5.74) is 1.20. The van der Waals surface area contributed by atoms with Crippen molar-refractivity contribution < 1.29 is 9.21 Å². The molecule has 1 N–H and O–H groups in total. The molecule has 1 aliphatic rings. The second kappa shape index (κ2) is 7.92. The van der Waals surface area contributed by atoms with Crippen molar-refractivity contribution in [2.45, 2.75) is 25.8 Å². The van der Waals surface area contributed by atoms with E-state index in [1.165, 1.54) is 5.56 Å². The number of nitrogens with one attached hydrogen (secondary N) is 1. The van der Waals surface area contributed by atoms with Crippen molar-refractivity contribution in [1.29, 1.82) is 0 Å². The van der Waals surface area contributed by atoms with Crippen LogP contribution >= 0.6 is 0 Å². The molecule has 0 radical (unpaired) electrons. The third-order valence-corrected chi connectivity index (χ3v) is 4.30. The number of pyridine rings is 1. The Morgan fingerprint density at radius 1 is 1.35 bits per heavy atom. The van der Waals surface area contributed by atoms with Crippen molar-refractivity contribution in [3.05, 3.63) is 54.2 Å². The fourth-order valence-electron chi connectivity index (χ4n) is 3.06. The molecule has 0 aromatic carbocycles. The van der Waals surface area contributed by atoms with E-state index in [1.807, 2.05) is 24.3 Å². The van der Waals surface area contributed by atoms with Crippen molar-refractivity contribution >= 4 is 5.91 Å². The number of hydrogen-bond donors (Lipinski definition) is 1. The highest BCUT2D eigenvalue weighted by atomic mass is 16.3. The Morgan fingerprint density at radius 2 is 2.22 bits per heavy atom. The van der Waals surface area contributed by atoms with Crippen LogP contribution in [0.5, 0.6) is 0 Å². The number of likely N-dealkylation sites (tertiary alicyclic amines) is 1. The highest BCUT2D eigenvalue weighted by molar-refractivity contribution is 5.78. The van der Waals surface area contributed by atoms with Gasteiger partial charge < -0.3 is 9.73 Å². The zero-order chi connectivity index (χ0) is 15.9. The Balaban J connectivity index is 1.43. The SMILES string of the molecule is O=C(NCCc1ccncc1)[C@H]1CCCN(Cc2ccco2)C1. The van der Waals surface area contributed by atoms with Gasteiger partial charge in [0.05, 0.1) is 18.7 Å². The van der Waals surface area contributed by atoms with Gasteiger partial charge in [0.1, 0.15) is 5.76 Å². The molecular formula is C18H23N3O2. The normalized spacial score (nSPS) is 18.7. The van der Waals surface area contributed by atoms with Crippen molar-refractivity contribution in [3.8, 4) is 0 Å². The van der Waals surface area contributed by atoms with Crippen LogP contribution in [0.2, 0.25) is 0 Å². The fourth-order valence-corrected chi connectivity index (χ4v) is 3.06. The Bertz CT molecular complexity index is 598. The van der Waals surface area contributed by atoms with Gasteiger partial charge in [-0.2, -0.15) is 0 Å². The third kappa shape index (κ3) is 4.66. The van der Waals surface area contributed by atoms with Gasteiger partial charge in [-0.05, 0) is 55.6 Å². The van der Waals surface area contributed by atoms with Crippen LogP contribution in [0.3, 0.4) is 0 Å². The number of furan rings is 1. The van der Waals surface area contributed by atoms with Crippen molar-refractivity contribution in [2.24, 2.45) is 5.92 Å². The molecular weight excluding hydrogens is 290 g/mol. The zero-order valence-electron chi connectivity index (χ0n) is 13.3. The summed E-state index contributed by atoms with van der Waals surface area (Å²) in [7, 11) is 0. The molecule has 2 aromatic heterocycles. The van der Waals surface area contributed by atoms with E-state index in [0.717, 1.165) is 44.7 Å². The van der Waals surface area contributed by atoms with Gasteiger partial charge in [0.25, 0.3) is 0 Å². The van der Waals surface area contributed by atoms with Crippen molar-refractivity contribution in [3.63, 3.8) is 0 Å². The first kappa shape index (κ1) is 15.7. The first-order valence-electron chi connectivity index (χ1n) is 8.22. The molecule has 5 heteroatoms. The number of aromatic nitrogens is 1. The van der Waals surface area contributed by atoms with E-state index in [1.54, 1.807) is 18.7 Å². The van der Waals surface area contributed by atoms with Crippen LogP contribution < -0.4 is 5.32 Å². The molecule has 1 aliphatic heterocycles. The van der Waals surface area contributed by atoms with E-state index in [0.29, 0.717) is 6.54 Å². The first-order valence-corrected chi connectivity index (χ1v) is 8.22. The maximum absolute atomic E-state index is 12.4. The molecule has 5 nitrogen and oxygen atoms in total. The largest absolute Gasteiger partial charge is 0.468 e. The predicted molar refractivity (Wildman–Crippen MR) is 87.7 cm³/mol. The van der Waals surface area contributed by atoms with E-state index in [2.05, 4.69) is 15.2 Å². The Hall–Kier alpha value is -2.14. The lowest BCUT2D eigenvalue weighted by molar-refractivity contribution is -0.126. The molecule has 1 atom stereocenters. The number of rotatable bonds is 6. The van der Waals surface area contributed by atoms with Gasteiger partial charge in [0.15, 0.2) is 0 Å². The van der Waals surface area contributed by atoms with Gasteiger partial charge in [-0.15, -0.1) is 0 Å². The topological polar surface area (TPSA) is 58.4 Å². The second-order valence-corrected chi connectivity index (χ2v) is 6.05. The number of hydrogen-bond acceptors (Lipinski definition) is 4. The molecule has 0 unspecified atom stereocenters. The number of piperidine rings is 1. The molecule has 23 heavy (non-hydrogen) atoms. The lowest BCUT2D eigenvalue weighted by Crippen LogP contribution is -2.43. The minimum absolute atomic E-state index is 0.0798. The highest BCUT2D eigenvalue weighted by Gasteiger charge is 2.25. The standard InChI is InChI=1S/C18H23N3O2/c22-18(20-10-7-15-5-8-19-9-6-15)16-3-1-11-21(13-16)14-17-4-2-12-23-17/h2,4-6,8-9,12,16H,1,3,7,10-11,13-14H2,(H,20,22)/t16-/m0/s1. The first-order chi connectivity index (χ1) is 11.3. The summed E-state index contributed by atoms with van der Waals surface area (Å²) in [6.07, 6.45) is 8.13. The van der Waals surface area contributed by atoms with Gasteiger partial charge in [0.2, 0.25) is 5.91 Å². The maximum Gasteiger partial charge on any atom is 0.224 e. The van der Waals surface area contributed by atoms with Crippen LogP contribution in [-0.4, -0.2) is 35.4 Å². The zero-order valence-corrected chi connectivity index (χ0v) is 13.3. The highest BCUT2D eigenvalue weighted by Crippen LogP contribution is 2.19. The molecule has 0 spiro atoms. The summed E-state index contributed by atoms with van der Waals surface area (Å²) in [4.78, 5) is 18.7. The molecule has 1 saturated heterocycles. The van der Waals surface area contributed by atoms with Crippen LogP contribution in [0, 0.1) is 5.92 Å². The molecule has 122 valence electrons. The Kier molecular flexibility index (Phi) is 5.42. The van der Waals surface area contributed by atoms with E-state index in [-0.39, 0.29) is 11.8 Å². The lowest BCUT2D eigenvalue weighted by atomic mass is 9.97. The van der Waals surface area contributed by atoms with Crippen LogP contribution in [0.1, 0.15) is 24.2 Å². The predicted octanol–water partition coefficient (Wildman–Crippen LogP) is 2.25. The minimum Gasteiger partial charge on any atom is -0.468 e. The van der Waals surface area contributed by atoms with Gasteiger partial charge in [-0.1, -0.05) is 0 Å². The molecule has 2 aromatic rings. The number of carbonyl (C=O) groups is 1. The smallest absolute Gasteiger partial charge is 0.224 e. The minimum atomic E-state index is 0.0798. The molecule has 0 aliphatic carbocycles. The van der Waals surface area contributed by atoms with E-state index in [4.69, 9.17) is 4.42 Å². The van der Waals surface area contributed by atoms with Gasteiger partial charge >= 0.3 is 0 Å². The van der Waals surface area contributed by atoms with E-state index >= 15 is 0 Å². The Labute approximate surface area is 136 Å². The summed E-state index contributed by atoms with van der Waals surface area (Å²) in [5.74, 6) is 1.21. The second-order valence-electron chi connectivity index (χ2n) is 6.05. The molecule has 1 fully saturated rings. The lowest BCUT2D eigenvalue weighted by Gasteiger charge is -2.31. The summed E-state index contributed by atoms with van der Waals surface area (Å²) in [5, 5.41) is 3.07. The molecule has 1 amide bonds. The molecule has 0 saturated carbocycles. The number of amides is 1. The van der Waals surface area contributed by atoms with Crippen LogP contribution in [0.15, 0.2) is 47.3 Å². The fraction of sp³-hybridized carbons (Fsp3) is 0.444. The molecule has 0 bridgehead atoms. The molecule has 3 heterocycles. The van der Waals surface area contributed by atoms with Crippen molar-refractivity contribution in [2.75, 3.05) is 19.6 Å². The van der Waals surface area contributed by atoms with Crippen LogP contribution in [0.4, 0.5) is 0 Å². The third-order valence-electron chi connectivity index (χ3n) is 4.30.